The van der Waals surface area contributed by atoms with Crippen molar-refractivity contribution >= 4 is 5.97 Å². The van der Waals surface area contributed by atoms with Crippen molar-refractivity contribution in [3.8, 4) is 17.1 Å². The second-order valence-corrected chi connectivity index (χ2v) is 6.81. The molecule has 1 N–H and O–H groups in total. The molecule has 2 aromatic carbocycles. The third-order valence-corrected chi connectivity index (χ3v) is 4.84. The summed E-state index contributed by atoms with van der Waals surface area (Å²) in [7, 11) is 0. The molecule has 0 amide bonds. The number of nitrogens with zero attached hydrogens (tertiary/aromatic N) is 3. The molecule has 0 saturated heterocycles. The van der Waals surface area contributed by atoms with Crippen molar-refractivity contribution in [3.05, 3.63) is 77.6 Å². The van der Waals surface area contributed by atoms with Gasteiger partial charge >= 0.3 is 5.97 Å². The number of hydrogen-bond acceptors (Lipinski definition) is 5. The second kappa shape index (κ2) is 8.19. The Hall–Kier alpha value is -3.25. The van der Waals surface area contributed by atoms with Crippen molar-refractivity contribution in [1.29, 1.82) is 0 Å². The first-order valence-corrected chi connectivity index (χ1v) is 9.23. The quantitative estimate of drug-likeness (QED) is 0.713. The largest absolute Gasteiger partial charge is 0.482 e. The highest BCUT2D eigenvalue weighted by molar-refractivity contribution is 5.68. The molecule has 4 rings (SSSR count). The van der Waals surface area contributed by atoms with Gasteiger partial charge in [-0.2, -0.15) is 0 Å². The van der Waals surface area contributed by atoms with Crippen molar-refractivity contribution in [3.63, 3.8) is 0 Å². The SMILES string of the molecule is O=C(O)COc1ccc(-c2ncccn2)cc1CN1CCc2ccccc2C1. The van der Waals surface area contributed by atoms with Crippen LogP contribution >= 0.6 is 0 Å². The average molecular weight is 375 g/mol. The minimum absolute atomic E-state index is 0.364. The molecule has 0 radical (unpaired) electrons. The fraction of sp³-hybridized carbons (Fsp3) is 0.227. The van der Waals surface area contributed by atoms with Crippen molar-refractivity contribution in [2.45, 2.75) is 19.5 Å². The lowest BCUT2D eigenvalue weighted by molar-refractivity contribution is -0.139. The molecule has 0 aliphatic carbocycles. The fourth-order valence-electron chi connectivity index (χ4n) is 3.50. The van der Waals surface area contributed by atoms with Gasteiger partial charge in [0.2, 0.25) is 0 Å². The van der Waals surface area contributed by atoms with Crippen LogP contribution in [0.25, 0.3) is 11.4 Å². The van der Waals surface area contributed by atoms with Crippen LogP contribution in [0, 0.1) is 0 Å². The summed E-state index contributed by atoms with van der Waals surface area (Å²) in [6, 6.07) is 15.9. The van der Waals surface area contributed by atoms with E-state index in [2.05, 4.69) is 39.1 Å². The van der Waals surface area contributed by atoms with E-state index < -0.39 is 5.97 Å². The minimum Gasteiger partial charge on any atom is -0.482 e. The molecule has 1 aliphatic rings. The number of ether oxygens (including phenoxy) is 1. The van der Waals surface area contributed by atoms with Gasteiger partial charge in [0.25, 0.3) is 0 Å². The summed E-state index contributed by atoms with van der Waals surface area (Å²) in [5, 5.41) is 8.97. The molecule has 3 aromatic rings. The van der Waals surface area contributed by atoms with E-state index in [1.807, 2.05) is 18.2 Å². The highest BCUT2D eigenvalue weighted by Crippen LogP contribution is 2.28. The molecular formula is C22H21N3O3. The van der Waals surface area contributed by atoms with Crippen LogP contribution in [0.15, 0.2) is 60.9 Å². The molecule has 6 heteroatoms. The number of aromatic nitrogens is 2. The molecule has 1 aromatic heterocycles. The average Bonchev–Trinajstić information content (AvgIpc) is 2.73. The molecule has 0 unspecified atom stereocenters. The summed E-state index contributed by atoms with van der Waals surface area (Å²) in [4.78, 5) is 21.9. The number of rotatable bonds is 6. The van der Waals surface area contributed by atoms with Gasteiger partial charge in [-0.3, -0.25) is 4.90 Å². The van der Waals surface area contributed by atoms with Crippen LogP contribution < -0.4 is 4.74 Å². The second-order valence-electron chi connectivity index (χ2n) is 6.81. The predicted octanol–water partition coefficient (Wildman–Crippen LogP) is 3.17. The molecule has 0 saturated carbocycles. The predicted molar refractivity (Wildman–Crippen MR) is 105 cm³/mol. The number of carbonyl (C=O) groups is 1. The van der Waals surface area contributed by atoms with Crippen molar-refractivity contribution in [2.24, 2.45) is 0 Å². The summed E-state index contributed by atoms with van der Waals surface area (Å²) < 4.78 is 5.53. The first-order valence-electron chi connectivity index (χ1n) is 9.23. The van der Waals surface area contributed by atoms with Crippen LogP contribution in [-0.4, -0.2) is 39.1 Å². The Morgan fingerprint density at radius 1 is 1.07 bits per heavy atom. The molecule has 28 heavy (non-hydrogen) atoms. The van der Waals surface area contributed by atoms with E-state index in [0.717, 1.165) is 30.6 Å². The maximum Gasteiger partial charge on any atom is 0.341 e. The van der Waals surface area contributed by atoms with Crippen molar-refractivity contribution in [2.75, 3.05) is 13.2 Å². The maximum atomic E-state index is 10.9. The highest BCUT2D eigenvalue weighted by Gasteiger charge is 2.18. The van der Waals surface area contributed by atoms with Crippen LogP contribution in [0.3, 0.4) is 0 Å². The Bertz CT molecular complexity index is 976. The highest BCUT2D eigenvalue weighted by atomic mass is 16.5. The zero-order valence-electron chi connectivity index (χ0n) is 15.4. The molecule has 0 fully saturated rings. The van der Waals surface area contributed by atoms with Crippen LogP contribution in [0.1, 0.15) is 16.7 Å². The monoisotopic (exact) mass is 375 g/mol. The standard InChI is InChI=1S/C22H21N3O3/c26-21(27)15-28-20-7-6-17(22-23-9-3-10-24-22)12-19(20)14-25-11-8-16-4-1-2-5-18(16)13-25/h1-7,9-10,12H,8,11,13-15H2,(H,26,27). The van der Waals surface area contributed by atoms with E-state index in [4.69, 9.17) is 9.84 Å². The Morgan fingerprint density at radius 2 is 1.86 bits per heavy atom. The number of fused-ring (bicyclic) bond motifs is 1. The molecule has 2 heterocycles. The summed E-state index contributed by atoms with van der Waals surface area (Å²) in [6.45, 7) is 2.11. The van der Waals surface area contributed by atoms with Crippen LogP contribution in [0.5, 0.6) is 5.75 Å². The molecule has 6 nitrogen and oxygen atoms in total. The van der Waals surface area contributed by atoms with E-state index in [9.17, 15) is 4.79 Å². The van der Waals surface area contributed by atoms with E-state index in [1.165, 1.54) is 11.1 Å². The van der Waals surface area contributed by atoms with Gasteiger partial charge < -0.3 is 9.84 Å². The molecule has 0 spiro atoms. The lowest BCUT2D eigenvalue weighted by Gasteiger charge is -2.29. The van der Waals surface area contributed by atoms with E-state index in [0.29, 0.717) is 18.1 Å². The Labute approximate surface area is 163 Å². The van der Waals surface area contributed by atoms with Crippen molar-refractivity contribution < 1.29 is 14.6 Å². The van der Waals surface area contributed by atoms with Gasteiger partial charge in [-0.05, 0) is 41.8 Å². The minimum atomic E-state index is -0.992. The Kier molecular flexibility index (Phi) is 5.30. The lowest BCUT2D eigenvalue weighted by Crippen LogP contribution is -2.30. The smallest absolute Gasteiger partial charge is 0.341 e. The summed E-state index contributed by atoms with van der Waals surface area (Å²) >= 11 is 0. The molecule has 0 atom stereocenters. The number of benzene rings is 2. The topological polar surface area (TPSA) is 75.5 Å². The first-order chi connectivity index (χ1) is 13.7. The van der Waals surface area contributed by atoms with Gasteiger partial charge in [0.1, 0.15) is 5.75 Å². The normalized spacial score (nSPS) is 13.7. The molecule has 142 valence electrons. The van der Waals surface area contributed by atoms with Gasteiger partial charge in [0.05, 0.1) is 0 Å². The number of carboxylic acids is 1. The van der Waals surface area contributed by atoms with Crippen molar-refractivity contribution in [1.82, 2.24) is 14.9 Å². The summed E-state index contributed by atoms with van der Waals surface area (Å²) in [6.07, 6.45) is 4.42. The Balaban J connectivity index is 1.60. The number of carboxylic acid groups (broad SMARTS) is 1. The van der Waals surface area contributed by atoms with Gasteiger partial charge in [0.15, 0.2) is 12.4 Å². The zero-order chi connectivity index (χ0) is 19.3. The zero-order valence-corrected chi connectivity index (χ0v) is 15.4. The lowest BCUT2D eigenvalue weighted by atomic mass is 9.99. The summed E-state index contributed by atoms with van der Waals surface area (Å²) in [5.41, 5.74) is 4.55. The van der Waals surface area contributed by atoms with Crippen LogP contribution in [0.2, 0.25) is 0 Å². The van der Waals surface area contributed by atoms with Gasteiger partial charge in [0, 0.05) is 43.2 Å². The molecular weight excluding hydrogens is 354 g/mol. The van der Waals surface area contributed by atoms with E-state index in [1.54, 1.807) is 18.5 Å². The van der Waals surface area contributed by atoms with E-state index in [-0.39, 0.29) is 6.61 Å². The van der Waals surface area contributed by atoms with Gasteiger partial charge in [-0.15, -0.1) is 0 Å². The summed E-state index contributed by atoms with van der Waals surface area (Å²) in [5.74, 6) is 0.229. The van der Waals surface area contributed by atoms with Crippen LogP contribution in [0.4, 0.5) is 0 Å². The van der Waals surface area contributed by atoms with Gasteiger partial charge in [-0.25, -0.2) is 14.8 Å². The third-order valence-electron chi connectivity index (χ3n) is 4.84. The maximum absolute atomic E-state index is 10.9. The van der Waals surface area contributed by atoms with E-state index >= 15 is 0 Å². The molecule has 1 aliphatic heterocycles. The third kappa shape index (κ3) is 4.18. The first kappa shape index (κ1) is 18.1. The number of hydrogen-bond donors (Lipinski definition) is 1. The van der Waals surface area contributed by atoms with Crippen LogP contribution in [-0.2, 0) is 24.3 Å². The Morgan fingerprint density at radius 3 is 2.64 bits per heavy atom. The fourth-order valence-corrected chi connectivity index (χ4v) is 3.50. The number of aliphatic carboxylic acids is 1. The van der Waals surface area contributed by atoms with Gasteiger partial charge in [-0.1, -0.05) is 24.3 Å². The molecule has 0 bridgehead atoms.